The number of hydrogen-bond acceptors (Lipinski definition) is 4. The van der Waals surface area contributed by atoms with Gasteiger partial charge in [0.05, 0.1) is 12.6 Å². The number of carbonyl (C=O) groups is 2. The quantitative estimate of drug-likeness (QED) is 0.275. The number of nitrogens with zero attached hydrogens (tertiary/aromatic N) is 3. The van der Waals surface area contributed by atoms with Crippen LogP contribution in [0.4, 0.5) is 0 Å². The zero-order chi connectivity index (χ0) is 27.2. The van der Waals surface area contributed by atoms with Crippen molar-refractivity contribution in [2.45, 2.75) is 37.9 Å². The molecule has 3 aromatic carbocycles. The molecule has 0 bridgehead atoms. The molecule has 1 N–H and O–H groups in total. The number of methoxy groups -OCH3 is 1. The van der Waals surface area contributed by atoms with E-state index in [2.05, 4.69) is 52.5 Å². The van der Waals surface area contributed by atoms with Gasteiger partial charge in [-0.2, -0.15) is 0 Å². The van der Waals surface area contributed by atoms with E-state index in [-0.39, 0.29) is 24.4 Å². The van der Waals surface area contributed by atoms with E-state index in [1.807, 2.05) is 36.4 Å². The summed E-state index contributed by atoms with van der Waals surface area (Å²) in [7, 11) is 1.61. The number of rotatable bonds is 9. The molecule has 0 radical (unpaired) electrons. The highest BCUT2D eigenvalue weighted by molar-refractivity contribution is 6.09. The van der Waals surface area contributed by atoms with Gasteiger partial charge >= 0.3 is 0 Å². The van der Waals surface area contributed by atoms with Crippen LogP contribution >= 0.6 is 0 Å². The third kappa shape index (κ3) is 4.56. The molecule has 0 spiro atoms. The smallest absolute Gasteiger partial charge is 0.271 e. The Bertz CT molecular complexity index is 1730. The van der Waals surface area contributed by atoms with Crippen molar-refractivity contribution in [2.75, 3.05) is 20.2 Å². The number of carbonyl (C=O) groups excluding carboxylic acids is 2. The molecular weight excluding hydrogens is 500 g/mol. The first-order chi connectivity index (χ1) is 19.6. The minimum Gasteiger partial charge on any atom is -0.497 e. The maximum Gasteiger partial charge on any atom is 0.271 e. The Morgan fingerprint density at radius 1 is 0.900 bits per heavy atom. The molecule has 1 aliphatic carbocycles. The second kappa shape index (κ2) is 9.99. The lowest BCUT2D eigenvalue weighted by Crippen LogP contribution is -2.50. The van der Waals surface area contributed by atoms with Gasteiger partial charge in [0.1, 0.15) is 18.0 Å². The monoisotopic (exact) mass is 532 g/mol. The van der Waals surface area contributed by atoms with E-state index in [0.717, 1.165) is 17.3 Å². The average Bonchev–Trinajstić information content (AvgIpc) is 3.61. The molecule has 1 saturated carbocycles. The number of benzene rings is 3. The molecule has 1 aliphatic heterocycles. The number of nitrogens with one attached hydrogen (secondary N) is 1. The fourth-order valence-corrected chi connectivity index (χ4v) is 5.97. The molecule has 1 amide bonds. The molecule has 7 nitrogen and oxygen atoms in total. The first kappa shape index (κ1) is 24.7. The van der Waals surface area contributed by atoms with E-state index in [0.29, 0.717) is 30.6 Å². The van der Waals surface area contributed by atoms with Crippen molar-refractivity contribution in [3.63, 3.8) is 0 Å². The number of ether oxygens (including phenoxy) is 1. The largest absolute Gasteiger partial charge is 0.497 e. The Morgan fingerprint density at radius 3 is 2.55 bits per heavy atom. The normalized spacial score (nSPS) is 16.1. The summed E-state index contributed by atoms with van der Waals surface area (Å²) in [6.07, 6.45) is 5.45. The highest BCUT2D eigenvalue weighted by Gasteiger charge is 2.33. The summed E-state index contributed by atoms with van der Waals surface area (Å²) in [5.41, 5.74) is 4.82. The Kier molecular flexibility index (Phi) is 6.16. The maximum atomic E-state index is 13.7. The molecule has 7 heteroatoms. The first-order valence-electron chi connectivity index (χ1n) is 14.0. The topological polar surface area (TPSA) is 68.5 Å². The van der Waals surface area contributed by atoms with Crippen LogP contribution in [-0.2, 0) is 13.0 Å². The molecule has 0 saturated heterocycles. The predicted molar refractivity (Wildman–Crippen MR) is 156 cm³/mol. The highest BCUT2D eigenvalue weighted by atomic mass is 16.5. The molecule has 7 rings (SSSR count). The molecule has 2 aromatic heterocycles. The van der Waals surface area contributed by atoms with Crippen LogP contribution < -0.4 is 10.1 Å². The predicted octanol–water partition coefficient (Wildman–Crippen LogP) is 5.44. The summed E-state index contributed by atoms with van der Waals surface area (Å²) in [5.74, 6) is 0.472. The molecule has 202 valence electrons. The van der Waals surface area contributed by atoms with Crippen LogP contribution in [-0.4, -0.2) is 52.1 Å². The summed E-state index contributed by atoms with van der Waals surface area (Å²) in [5, 5.41) is 5.80. The highest BCUT2D eigenvalue weighted by Crippen LogP contribution is 2.38. The number of aromatic nitrogens is 2. The van der Waals surface area contributed by atoms with Gasteiger partial charge in [0.15, 0.2) is 0 Å². The Balaban J connectivity index is 1.14. The maximum absolute atomic E-state index is 13.7. The van der Waals surface area contributed by atoms with Gasteiger partial charge in [-0.15, -0.1) is 0 Å². The second-order valence-electron chi connectivity index (χ2n) is 11.0. The van der Waals surface area contributed by atoms with E-state index in [1.54, 1.807) is 22.6 Å². The number of amides is 1. The van der Waals surface area contributed by atoms with Gasteiger partial charge < -0.3 is 19.5 Å². The van der Waals surface area contributed by atoms with Gasteiger partial charge in [-0.05, 0) is 72.2 Å². The van der Waals surface area contributed by atoms with Gasteiger partial charge in [0, 0.05) is 42.3 Å². The van der Waals surface area contributed by atoms with Crippen molar-refractivity contribution in [3.05, 3.63) is 102 Å². The van der Waals surface area contributed by atoms with Gasteiger partial charge in [-0.1, -0.05) is 42.5 Å². The standard InChI is InChI=1S/C33H32N4O3/c1-40-28-11-12-29-25(17-28)18-31-33(39)35(21-32(38)37(29)31)20-26(15-22-5-3-2-4-6-22)34-19-23-7-8-24-13-14-36(27-9-10-27)30(24)16-23/h2-8,11-14,16-18,26-27,34H,9-10,15,19-21H2,1H3/t26-/m0/s1. The van der Waals surface area contributed by atoms with Crippen LogP contribution in [0, 0.1) is 0 Å². The molecule has 2 aliphatic rings. The molecule has 3 heterocycles. The van der Waals surface area contributed by atoms with Crippen molar-refractivity contribution in [3.8, 4) is 5.75 Å². The van der Waals surface area contributed by atoms with Gasteiger partial charge in [0.25, 0.3) is 11.8 Å². The van der Waals surface area contributed by atoms with E-state index in [1.165, 1.54) is 34.9 Å². The van der Waals surface area contributed by atoms with Gasteiger partial charge in [-0.3, -0.25) is 14.2 Å². The van der Waals surface area contributed by atoms with E-state index >= 15 is 0 Å². The van der Waals surface area contributed by atoms with Crippen molar-refractivity contribution in [1.82, 2.24) is 19.4 Å². The molecule has 5 aromatic rings. The van der Waals surface area contributed by atoms with E-state index in [4.69, 9.17) is 4.74 Å². The lowest BCUT2D eigenvalue weighted by atomic mass is 10.0. The van der Waals surface area contributed by atoms with Crippen LogP contribution in [0.25, 0.3) is 21.8 Å². The summed E-state index contributed by atoms with van der Waals surface area (Å²) in [6, 6.07) is 27.1. The number of hydrogen-bond donors (Lipinski definition) is 1. The Labute approximate surface area is 232 Å². The van der Waals surface area contributed by atoms with Crippen LogP contribution in [0.5, 0.6) is 5.75 Å². The zero-order valence-electron chi connectivity index (χ0n) is 22.5. The third-order valence-electron chi connectivity index (χ3n) is 8.18. The van der Waals surface area contributed by atoms with Crippen molar-refractivity contribution in [2.24, 2.45) is 0 Å². The minimum atomic E-state index is -0.127. The van der Waals surface area contributed by atoms with Gasteiger partial charge in [-0.25, -0.2) is 0 Å². The Morgan fingerprint density at radius 2 is 1.75 bits per heavy atom. The molecular formula is C33H32N4O3. The van der Waals surface area contributed by atoms with Crippen molar-refractivity contribution in [1.29, 1.82) is 0 Å². The fraction of sp³-hybridized carbons (Fsp3) is 0.273. The van der Waals surface area contributed by atoms with Crippen LogP contribution in [0.1, 0.15) is 45.3 Å². The van der Waals surface area contributed by atoms with Gasteiger partial charge in [0.2, 0.25) is 0 Å². The first-order valence-corrected chi connectivity index (χ1v) is 14.0. The van der Waals surface area contributed by atoms with Crippen LogP contribution in [0.3, 0.4) is 0 Å². The zero-order valence-corrected chi connectivity index (χ0v) is 22.5. The minimum absolute atomic E-state index is 0.0268. The molecule has 0 unspecified atom stereocenters. The summed E-state index contributed by atoms with van der Waals surface area (Å²) in [4.78, 5) is 28.7. The lowest BCUT2D eigenvalue weighted by molar-refractivity contribution is 0.0608. The molecule has 1 atom stereocenters. The summed E-state index contributed by atoms with van der Waals surface area (Å²) >= 11 is 0. The third-order valence-corrected chi connectivity index (χ3v) is 8.18. The average molecular weight is 533 g/mol. The summed E-state index contributed by atoms with van der Waals surface area (Å²) < 4.78 is 9.29. The molecule has 1 fully saturated rings. The molecule has 40 heavy (non-hydrogen) atoms. The van der Waals surface area contributed by atoms with Crippen LogP contribution in [0.2, 0.25) is 0 Å². The fourth-order valence-electron chi connectivity index (χ4n) is 5.97. The van der Waals surface area contributed by atoms with Crippen molar-refractivity contribution >= 4 is 33.6 Å². The Hall–Kier alpha value is -4.36. The SMILES string of the molecule is COc1ccc2c(c1)cc1n2C(=O)CN(C[C@H](Cc2ccccc2)NCc2ccc3ccn(C4CC4)c3c2)C1=O. The van der Waals surface area contributed by atoms with Crippen molar-refractivity contribution < 1.29 is 14.3 Å². The summed E-state index contributed by atoms with van der Waals surface area (Å²) in [6.45, 7) is 1.17. The second-order valence-corrected chi connectivity index (χ2v) is 11.0. The number of fused-ring (bicyclic) bond motifs is 4. The lowest BCUT2D eigenvalue weighted by Gasteiger charge is -2.31. The van der Waals surface area contributed by atoms with E-state index < -0.39 is 0 Å². The van der Waals surface area contributed by atoms with E-state index in [9.17, 15) is 9.59 Å². The van der Waals surface area contributed by atoms with Crippen LogP contribution in [0.15, 0.2) is 85.1 Å².